The van der Waals surface area contributed by atoms with E-state index in [2.05, 4.69) is 29.1 Å². The molecule has 1 aliphatic heterocycles. The molecule has 0 bridgehead atoms. The van der Waals surface area contributed by atoms with Crippen LogP contribution in [0.15, 0.2) is 4.99 Å². The van der Waals surface area contributed by atoms with Gasteiger partial charge in [-0.1, -0.05) is 6.92 Å². The van der Waals surface area contributed by atoms with E-state index in [0.717, 1.165) is 32.6 Å². The van der Waals surface area contributed by atoms with Crippen molar-refractivity contribution in [3.05, 3.63) is 0 Å². The molecule has 3 heteroatoms. The Hall–Kier alpha value is -0.570. The predicted molar refractivity (Wildman–Crippen MR) is 57.3 cm³/mol. The first-order valence-electron chi connectivity index (χ1n) is 5.37. The lowest BCUT2D eigenvalue weighted by Crippen LogP contribution is -2.34. The molecular weight excluding hydrogens is 162 g/mol. The van der Waals surface area contributed by atoms with E-state index in [-0.39, 0.29) is 0 Å². The standard InChI is InChI=1S/C10H21N3/c1-3-10(12-4-2)13-8-5-6-11-7-9-13/h11H,3-9H2,1-2H3. The molecule has 0 amide bonds. The molecule has 1 saturated heterocycles. The smallest absolute Gasteiger partial charge is 0.0986 e. The molecular formula is C10H21N3. The zero-order valence-electron chi connectivity index (χ0n) is 8.84. The lowest BCUT2D eigenvalue weighted by atomic mass is 10.3. The summed E-state index contributed by atoms with van der Waals surface area (Å²) in [6.07, 6.45) is 2.30. The number of amidine groups is 1. The number of rotatable bonds is 2. The van der Waals surface area contributed by atoms with E-state index in [4.69, 9.17) is 0 Å². The van der Waals surface area contributed by atoms with Crippen LogP contribution < -0.4 is 5.32 Å². The highest BCUT2D eigenvalue weighted by Gasteiger charge is 2.10. The maximum Gasteiger partial charge on any atom is 0.0986 e. The topological polar surface area (TPSA) is 27.6 Å². The fourth-order valence-corrected chi connectivity index (χ4v) is 1.72. The average Bonchev–Trinajstić information content (AvgIpc) is 2.42. The highest BCUT2D eigenvalue weighted by molar-refractivity contribution is 5.82. The quantitative estimate of drug-likeness (QED) is 0.513. The SMILES string of the molecule is CCN=C(CC)N1CCCNCC1. The summed E-state index contributed by atoms with van der Waals surface area (Å²) in [6.45, 7) is 9.74. The van der Waals surface area contributed by atoms with Crippen molar-refractivity contribution < 1.29 is 0 Å². The van der Waals surface area contributed by atoms with Crippen LogP contribution in [-0.4, -0.2) is 43.5 Å². The van der Waals surface area contributed by atoms with Crippen molar-refractivity contribution in [2.45, 2.75) is 26.7 Å². The summed E-state index contributed by atoms with van der Waals surface area (Å²) in [6, 6.07) is 0. The third-order valence-electron chi connectivity index (χ3n) is 2.36. The minimum Gasteiger partial charge on any atom is -0.359 e. The number of nitrogens with one attached hydrogen (secondary N) is 1. The average molecular weight is 183 g/mol. The minimum atomic E-state index is 0.910. The van der Waals surface area contributed by atoms with Gasteiger partial charge in [0.1, 0.15) is 0 Å². The molecule has 0 saturated carbocycles. The zero-order valence-corrected chi connectivity index (χ0v) is 8.84. The van der Waals surface area contributed by atoms with Crippen molar-refractivity contribution in [1.82, 2.24) is 10.2 Å². The largest absolute Gasteiger partial charge is 0.359 e. The summed E-state index contributed by atoms with van der Waals surface area (Å²) in [7, 11) is 0. The molecule has 13 heavy (non-hydrogen) atoms. The molecule has 3 nitrogen and oxygen atoms in total. The molecule has 1 fully saturated rings. The molecule has 1 N–H and O–H groups in total. The molecule has 0 atom stereocenters. The number of nitrogens with zero attached hydrogens (tertiary/aromatic N) is 2. The monoisotopic (exact) mass is 183 g/mol. The van der Waals surface area contributed by atoms with Crippen LogP contribution in [0.3, 0.4) is 0 Å². The van der Waals surface area contributed by atoms with E-state index >= 15 is 0 Å². The lowest BCUT2D eigenvalue weighted by Gasteiger charge is -2.23. The fraction of sp³-hybridized carbons (Fsp3) is 0.900. The molecule has 0 aliphatic carbocycles. The van der Waals surface area contributed by atoms with Crippen LogP contribution in [0.4, 0.5) is 0 Å². The normalized spacial score (nSPS) is 20.2. The van der Waals surface area contributed by atoms with Crippen molar-refractivity contribution in [1.29, 1.82) is 0 Å². The number of aliphatic imine (C=N–C) groups is 1. The van der Waals surface area contributed by atoms with Gasteiger partial charge in [0.05, 0.1) is 5.84 Å². The van der Waals surface area contributed by atoms with Crippen molar-refractivity contribution in [2.24, 2.45) is 4.99 Å². The summed E-state index contributed by atoms with van der Waals surface area (Å²) in [5, 5.41) is 3.40. The Morgan fingerprint density at radius 1 is 1.31 bits per heavy atom. The van der Waals surface area contributed by atoms with E-state index in [0.29, 0.717) is 0 Å². The van der Waals surface area contributed by atoms with Gasteiger partial charge in [-0.3, -0.25) is 4.99 Å². The van der Waals surface area contributed by atoms with Crippen LogP contribution in [0.5, 0.6) is 0 Å². The van der Waals surface area contributed by atoms with Crippen molar-refractivity contribution in [3.8, 4) is 0 Å². The Morgan fingerprint density at radius 2 is 2.15 bits per heavy atom. The van der Waals surface area contributed by atoms with Gasteiger partial charge in [0.2, 0.25) is 0 Å². The minimum absolute atomic E-state index is 0.910. The Balaban J connectivity index is 2.50. The van der Waals surface area contributed by atoms with Crippen LogP contribution in [-0.2, 0) is 0 Å². The van der Waals surface area contributed by atoms with Crippen molar-refractivity contribution in [3.63, 3.8) is 0 Å². The van der Waals surface area contributed by atoms with E-state index in [1.807, 2.05) is 0 Å². The van der Waals surface area contributed by atoms with E-state index < -0.39 is 0 Å². The van der Waals surface area contributed by atoms with Crippen molar-refractivity contribution in [2.75, 3.05) is 32.7 Å². The number of hydrogen-bond acceptors (Lipinski definition) is 2. The van der Waals surface area contributed by atoms with E-state index in [1.165, 1.54) is 18.8 Å². The van der Waals surface area contributed by atoms with Gasteiger partial charge in [0.25, 0.3) is 0 Å². The Morgan fingerprint density at radius 3 is 2.85 bits per heavy atom. The second-order valence-electron chi connectivity index (χ2n) is 3.33. The van der Waals surface area contributed by atoms with E-state index in [1.54, 1.807) is 0 Å². The Kier molecular flexibility index (Phi) is 4.83. The molecule has 0 aromatic rings. The first-order chi connectivity index (χ1) is 6.38. The third kappa shape index (κ3) is 3.35. The molecule has 0 spiro atoms. The van der Waals surface area contributed by atoms with Crippen LogP contribution in [0.25, 0.3) is 0 Å². The van der Waals surface area contributed by atoms with Crippen LogP contribution in [0.2, 0.25) is 0 Å². The van der Waals surface area contributed by atoms with Gasteiger partial charge < -0.3 is 10.2 Å². The maximum absolute atomic E-state index is 4.52. The summed E-state index contributed by atoms with van der Waals surface area (Å²) < 4.78 is 0. The summed E-state index contributed by atoms with van der Waals surface area (Å²) in [4.78, 5) is 6.94. The summed E-state index contributed by atoms with van der Waals surface area (Å²) in [5.41, 5.74) is 0. The maximum atomic E-state index is 4.52. The van der Waals surface area contributed by atoms with Gasteiger partial charge >= 0.3 is 0 Å². The zero-order chi connectivity index (χ0) is 9.52. The second kappa shape index (κ2) is 5.97. The molecule has 1 heterocycles. The lowest BCUT2D eigenvalue weighted by molar-refractivity contribution is 0.437. The molecule has 1 aliphatic rings. The molecule has 0 radical (unpaired) electrons. The van der Waals surface area contributed by atoms with Gasteiger partial charge in [0.15, 0.2) is 0 Å². The Labute approximate surface area is 81.2 Å². The van der Waals surface area contributed by atoms with Gasteiger partial charge in [-0.2, -0.15) is 0 Å². The highest BCUT2D eigenvalue weighted by atomic mass is 15.2. The first kappa shape index (κ1) is 10.5. The summed E-state index contributed by atoms with van der Waals surface area (Å²) >= 11 is 0. The van der Waals surface area contributed by atoms with Gasteiger partial charge in [0, 0.05) is 32.6 Å². The van der Waals surface area contributed by atoms with E-state index in [9.17, 15) is 0 Å². The van der Waals surface area contributed by atoms with Gasteiger partial charge in [-0.15, -0.1) is 0 Å². The molecule has 0 aromatic heterocycles. The fourth-order valence-electron chi connectivity index (χ4n) is 1.72. The molecule has 0 aromatic carbocycles. The van der Waals surface area contributed by atoms with Crippen LogP contribution in [0.1, 0.15) is 26.7 Å². The molecule has 76 valence electrons. The first-order valence-corrected chi connectivity index (χ1v) is 5.37. The van der Waals surface area contributed by atoms with Gasteiger partial charge in [-0.25, -0.2) is 0 Å². The van der Waals surface area contributed by atoms with Crippen LogP contribution >= 0.6 is 0 Å². The predicted octanol–water partition coefficient (Wildman–Crippen LogP) is 1.11. The molecule has 1 rings (SSSR count). The van der Waals surface area contributed by atoms with Crippen LogP contribution in [0, 0.1) is 0 Å². The van der Waals surface area contributed by atoms with Crippen molar-refractivity contribution >= 4 is 5.84 Å². The second-order valence-corrected chi connectivity index (χ2v) is 3.33. The Bertz CT molecular complexity index is 158. The third-order valence-corrected chi connectivity index (χ3v) is 2.36. The molecule has 0 unspecified atom stereocenters. The number of hydrogen-bond donors (Lipinski definition) is 1. The highest BCUT2D eigenvalue weighted by Crippen LogP contribution is 2.00. The van der Waals surface area contributed by atoms with Gasteiger partial charge in [-0.05, 0) is 19.9 Å². The summed E-state index contributed by atoms with van der Waals surface area (Å²) in [5.74, 6) is 1.28.